The van der Waals surface area contributed by atoms with E-state index in [1.165, 1.54) is 0 Å². The molecule has 0 rings (SSSR count). The summed E-state index contributed by atoms with van der Waals surface area (Å²) in [6, 6.07) is 0. The van der Waals surface area contributed by atoms with Crippen LogP contribution in [0.1, 0.15) is 0 Å². The lowest BCUT2D eigenvalue weighted by molar-refractivity contribution is -0.130. The summed E-state index contributed by atoms with van der Waals surface area (Å²) in [6.45, 7) is 0. The number of nitrogens with zero attached hydrogens (tertiary/aromatic N) is 2. The average molecular weight is 157 g/mol. The molecule has 0 aromatic carbocycles. The molecule has 0 aliphatic rings. The van der Waals surface area contributed by atoms with Crippen LogP contribution in [0.3, 0.4) is 0 Å². The predicted octanol–water partition coefficient (Wildman–Crippen LogP) is -0.869. The van der Waals surface area contributed by atoms with Gasteiger partial charge in [-0.3, -0.25) is 4.79 Å². The second kappa shape index (κ2) is 3.73. The van der Waals surface area contributed by atoms with E-state index in [0.29, 0.717) is 0 Å². The van der Waals surface area contributed by atoms with E-state index in [-0.39, 0.29) is 11.6 Å². The van der Waals surface area contributed by atoms with Crippen molar-refractivity contribution < 1.29 is 4.79 Å². The fourth-order valence-corrected chi connectivity index (χ4v) is 0.724. The molecule has 0 saturated carbocycles. The van der Waals surface area contributed by atoms with Crippen molar-refractivity contribution in [3.8, 4) is 0 Å². The van der Waals surface area contributed by atoms with Gasteiger partial charge in [-0.25, -0.2) is 0 Å². The molecule has 0 aromatic rings. The molecule has 0 aliphatic carbocycles. The van der Waals surface area contributed by atoms with Gasteiger partial charge in [0.2, 0.25) is 5.91 Å². The van der Waals surface area contributed by atoms with E-state index >= 15 is 0 Å². The van der Waals surface area contributed by atoms with Gasteiger partial charge in [0.05, 0.1) is 15.9 Å². The highest BCUT2D eigenvalue weighted by molar-refractivity contribution is 6.23. The molecular weight excluding hydrogens is 144 g/mol. The predicted molar refractivity (Wildman–Crippen MR) is 41.9 cm³/mol. The largest absolute Gasteiger partial charge is 0.348 e. The van der Waals surface area contributed by atoms with E-state index in [1.807, 2.05) is 14.1 Å². The molecule has 0 aliphatic heterocycles. The van der Waals surface area contributed by atoms with Crippen LogP contribution in [0.4, 0.5) is 0 Å². The highest BCUT2D eigenvalue weighted by Gasteiger charge is 2.15. The van der Waals surface area contributed by atoms with Gasteiger partial charge in [0.15, 0.2) is 0 Å². The summed E-state index contributed by atoms with van der Waals surface area (Å²) in [5.74, 6) is 0.0571. The Morgan fingerprint density at radius 1 is 1.30 bits per heavy atom. The number of carbonyl (C=O) groups is 1. The van der Waals surface area contributed by atoms with Crippen LogP contribution in [-0.4, -0.2) is 59.8 Å². The molecule has 0 bridgehead atoms. The summed E-state index contributed by atoms with van der Waals surface area (Å²) in [5, 5.41) is 0. The molecule has 0 N–H and O–H groups in total. The van der Waals surface area contributed by atoms with Gasteiger partial charge in [0.1, 0.15) is 0 Å². The van der Waals surface area contributed by atoms with Gasteiger partial charge < -0.3 is 9.80 Å². The molecule has 0 saturated heterocycles. The number of likely N-dealkylation sites (N-methyl/N-ethyl adjacent to an activating group) is 2. The minimum atomic E-state index is -0.213. The smallest absolute Gasteiger partial charge is 0.235 e. The third-order valence-corrected chi connectivity index (χ3v) is 1.95. The first-order valence-corrected chi connectivity index (χ1v) is 3.63. The summed E-state index contributed by atoms with van der Waals surface area (Å²) in [5.41, 5.74) is -0.213. The molecule has 4 heteroatoms. The SMILES string of the molecule is CN(C)C(=O)C([Si])N(C)C. The molecule has 1 unspecified atom stereocenters. The van der Waals surface area contributed by atoms with Gasteiger partial charge in [-0.2, -0.15) is 0 Å². The van der Waals surface area contributed by atoms with Crippen LogP contribution in [0, 0.1) is 0 Å². The molecule has 0 aromatic heterocycles. The molecule has 0 heterocycles. The van der Waals surface area contributed by atoms with Gasteiger partial charge >= 0.3 is 0 Å². The molecule has 3 nitrogen and oxygen atoms in total. The van der Waals surface area contributed by atoms with E-state index in [0.717, 1.165) is 0 Å². The number of rotatable bonds is 2. The lowest BCUT2D eigenvalue weighted by Crippen LogP contribution is -2.43. The summed E-state index contributed by atoms with van der Waals surface area (Å²) in [7, 11) is 10.5. The first-order valence-electron chi connectivity index (χ1n) is 3.05. The van der Waals surface area contributed by atoms with Gasteiger partial charge in [0.25, 0.3) is 0 Å². The minimum Gasteiger partial charge on any atom is -0.348 e. The minimum absolute atomic E-state index is 0.0571. The van der Waals surface area contributed by atoms with Crippen molar-refractivity contribution >= 4 is 16.1 Å². The Kier molecular flexibility index (Phi) is 3.60. The molecule has 0 fully saturated rings. The van der Waals surface area contributed by atoms with Crippen LogP contribution < -0.4 is 0 Å². The number of amides is 1. The first kappa shape index (κ1) is 9.65. The Balaban J connectivity index is 3.95. The third-order valence-electron chi connectivity index (χ3n) is 1.19. The maximum absolute atomic E-state index is 11.1. The Labute approximate surface area is 65.4 Å². The van der Waals surface area contributed by atoms with E-state index in [2.05, 4.69) is 10.2 Å². The zero-order chi connectivity index (χ0) is 8.31. The lowest BCUT2D eigenvalue weighted by atomic mass is 10.5. The van der Waals surface area contributed by atoms with Gasteiger partial charge in [-0.15, -0.1) is 0 Å². The Hall–Kier alpha value is -0.353. The number of carbonyl (C=O) groups excluding carboxylic acids is 1. The van der Waals surface area contributed by atoms with E-state index in [1.54, 1.807) is 23.9 Å². The number of hydrogen-bond donors (Lipinski definition) is 0. The van der Waals surface area contributed by atoms with Crippen molar-refractivity contribution in [2.75, 3.05) is 28.2 Å². The van der Waals surface area contributed by atoms with E-state index in [4.69, 9.17) is 0 Å². The zero-order valence-corrected chi connectivity index (χ0v) is 7.88. The van der Waals surface area contributed by atoms with Crippen molar-refractivity contribution in [3.63, 3.8) is 0 Å². The summed E-state index contributed by atoms with van der Waals surface area (Å²) < 4.78 is 0. The molecule has 57 valence electrons. The Morgan fingerprint density at radius 3 is 1.80 bits per heavy atom. The first-order chi connectivity index (χ1) is 4.46. The second-order valence-corrected chi connectivity index (χ2v) is 3.15. The molecule has 0 spiro atoms. The van der Waals surface area contributed by atoms with Crippen molar-refractivity contribution in [3.05, 3.63) is 0 Å². The van der Waals surface area contributed by atoms with Crippen LogP contribution >= 0.6 is 0 Å². The van der Waals surface area contributed by atoms with E-state index < -0.39 is 0 Å². The summed E-state index contributed by atoms with van der Waals surface area (Å²) in [4.78, 5) is 14.5. The van der Waals surface area contributed by atoms with Crippen molar-refractivity contribution in [2.24, 2.45) is 0 Å². The standard InChI is InChI=1S/C6H13N2OSi/c1-7(2)5(9)6(10)8(3)4/h6H,1-4H3. The quantitative estimate of drug-likeness (QED) is 0.487. The molecule has 3 radical (unpaired) electrons. The Bertz CT molecular complexity index is 125. The summed E-state index contributed by atoms with van der Waals surface area (Å²) >= 11 is 0. The van der Waals surface area contributed by atoms with Crippen LogP contribution in [0.25, 0.3) is 0 Å². The molecular formula is C6H13N2OSi. The summed E-state index contributed by atoms with van der Waals surface area (Å²) in [6.07, 6.45) is 0. The lowest BCUT2D eigenvalue weighted by Gasteiger charge is -2.22. The van der Waals surface area contributed by atoms with Gasteiger partial charge in [-0.05, 0) is 14.1 Å². The van der Waals surface area contributed by atoms with Gasteiger partial charge in [-0.1, -0.05) is 0 Å². The third kappa shape index (κ3) is 2.49. The van der Waals surface area contributed by atoms with Gasteiger partial charge in [0, 0.05) is 14.1 Å². The van der Waals surface area contributed by atoms with Crippen molar-refractivity contribution in [1.29, 1.82) is 0 Å². The highest BCUT2D eigenvalue weighted by Crippen LogP contribution is 1.90. The van der Waals surface area contributed by atoms with Crippen molar-refractivity contribution in [1.82, 2.24) is 9.80 Å². The molecule has 1 amide bonds. The number of hydrogen-bond acceptors (Lipinski definition) is 2. The average Bonchev–Trinajstić information content (AvgIpc) is 1.84. The Morgan fingerprint density at radius 2 is 1.70 bits per heavy atom. The van der Waals surface area contributed by atoms with E-state index in [9.17, 15) is 4.79 Å². The fraction of sp³-hybridized carbons (Fsp3) is 0.833. The highest BCUT2D eigenvalue weighted by atomic mass is 28.1. The normalized spacial score (nSPS) is 13.4. The molecule has 10 heavy (non-hydrogen) atoms. The van der Waals surface area contributed by atoms with Crippen LogP contribution in [0.2, 0.25) is 0 Å². The second-order valence-electron chi connectivity index (χ2n) is 2.60. The fourth-order valence-electron chi connectivity index (χ4n) is 0.465. The van der Waals surface area contributed by atoms with Crippen LogP contribution in [0.5, 0.6) is 0 Å². The van der Waals surface area contributed by atoms with Crippen LogP contribution in [-0.2, 0) is 4.79 Å². The maximum Gasteiger partial charge on any atom is 0.235 e. The monoisotopic (exact) mass is 157 g/mol. The maximum atomic E-state index is 11.1. The zero-order valence-electron chi connectivity index (χ0n) is 6.88. The molecule has 1 atom stereocenters. The topological polar surface area (TPSA) is 23.6 Å². The van der Waals surface area contributed by atoms with Crippen LogP contribution in [0.15, 0.2) is 0 Å². The van der Waals surface area contributed by atoms with Crippen molar-refractivity contribution in [2.45, 2.75) is 5.67 Å².